The van der Waals surface area contributed by atoms with Crippen LogP contribution in [0.2, 0.25) is 0 Å². The smallest absolute Gasteiger partial charge is 0.224 e. The molecule has 1 aromatic carbocycles. The van der Waals surface area contributed by atoms with E-state index in [0.717, 1.165) is 40.4 Å². The van der Waals surface area contributed by atoms with Crippen molar-refractivity contribution in [2.24, 2.45) is 5.73 Å². The number of hydrogen-bond donors (Lipinski definition) is 3. The molecule has 0 saturated heterocycles. The van der Waals surface area contributed by atoms with Crippen LogP contribution in [0, 0.1) is 6.92 Å². The molecule has 0 bridgehead atoms. The van der Waals surface area contributed by atoms with E-state index in [-0.39, 0.29) is 5.91 Å². The van der Waals surface area contributed by atoms with Crippen LogP contribution in [0.3, 0.4) is 0 Å². The van der Waals surface area contributed by atoms with Crippen LogP contribution in [-0.2, 0) is 17.8 Å². The maximum absolute atomic E-state index is 11.3. The molecular weight excluding hydrogens is 240 g/mol. The van der Waals surface area contributed by atoms with Crippen LogP contribution in [-0.4, -0.2) is 15.9 Å². The molecule has 0 aliphatic carbocycles. The molecule has 5 heteroatoms. The Morgan fingerprint density at radius 2 is 2.21 bits per heavy atom. The Kier molecular flexibility index (Phi) is 2.83. The van der Waals surface area contributed by atoms with Gasteiger partial charge in [0.15, 0.2) is 0 Å². The topological polar surface area (TPSA) is 83.8 Å². The van der Waals surface area contributed by atoms with Gasteiger partial charge in [0.1, 0.15) is 5.82 Å². The average molecular weight is 256 g/mol. The van der Waals surface area contributed by atoms with E-state index >= 15 is 0 Å². The van der Waals surface area contributed by atoms with E-state index in [1.807, 2.05) is 19.1 Å². The first-order valence-corrected chi connectivity index (χ1v) is 6.36. The number of H-pyrrole nitrogens is 1. The second-order valence-electron chi connectivity index (χ2n) is 4.78. The van der Waals surface area contributed by atoms with E-state index in [0.29, 0.717) is 13.0 Å². The van der Waals surface area contributed by atoms with Gasteiger partial charge in [0.2, 0.25) is 5.91 Å². The molecule has 3 rings (SSSR count). The minimum atomic E-state index is 0.0848. The maximum atomic E-state index is 11.3. The number of rotatable bonds is 2. The largest absolute Gasteiger partial charge is 0.344 e. The second kappa shape index (κ2) is 4.51. The maximum Gasteiger partial charge on any atom is 0.224 e. The molecule has 0 radical (unpaired) electrons. The van der Waals surface area contributed by atoms with Crippen LogP contribution in [0.5, 0.6) is 0 Å². The van der Waals surface area contributed by atoms with Gasteiger partial charge in [-0.15, -0.1) is 0 Å². The molecule has 1 aliphatic rings. The third-order valence-electron chi connectivity index (χ3n) is 3.40. The fourth-order valence-corrected chi connectivity index (χ4v) is 2.43. The van der Waals surface area contributed by atoms with Gasteiger partial charge >= 0.3 is 0 Å². The van der Waals surface area contributed by atoms with Gasteiger partial charge in [-0.3, -0.25) is 4.79 Å². The number of aryl methyl sites for hydroxylation is 2. The van der Waals surface area contributed by atoms with Gasteiger partial charge in [-0.2, -0.15) is 0 Å². The van der Waals surface area contributed by atoms with Crippen molar-refractivity contribution in [3.05, 3.63) is 35.3 Å². The standard InChI is InChI=1S/C14H16N4O/c1-8-14(18-12(7-15)16-8)10-2-4-11-9(6-10)3-5-13(19)17-11/h2,4,6H,3,5,7,15H2,1H3,(H,16,18)(H,17,19). The molecule has 5 nitrogen and oxygen atoms in total. The monoisotopic (exact) mass is 256 g/mol. The molecular formula is C14H16N4O. The summed E-state index contributed by atoms with van der Waals surface area (Å²) in [6, 6.07) is 6.02. The average Bonchev–Trinajstić information content (AvgIpc) is 2.79. The van der Waals surface area contributed by atoms with Crippen molar-refractivity contribution in [3.63, 3.8) is 0 Å². The minimum Gasteiger partial charge on any atom is -0.344 e. The van der Waals surface area contributed by atoms with Gasteiger partial charge < -0.3 is 16.0 Å². The van der Waals surface area contributed by atoms with Crippen molar-refractivity contribution in [2.75, 3.05) is 5.32 Å². The quantitative estimate of drug-likeness (QED) is 0.765. The third kappa shape index (κ3) is 2.13. The van der Waals surface area contributed by atoms with E-state index in [1.54, 1.807) is 0 Å². The van der Waals surface area contributed by atoms with Gasteiger partial charge in [0.05, 0.1) is 12.2 Å². The number of nitrogens with two attached hydrogens (primary N) is 1. The highest BCUT2D eigenvalue weighted by Gasteiger charge is 2.16. The van der Waals surface area contributed by atoms with Gasteiger partial charge in [0.25, 0.3) is 0 Å². The Bertz CT molecular complexity index is 645. The zero-order chi connectivity index (χ0) is 13.4. The number of aromatic nitrogens is 2. The molecule has 0 fully saturated rings. The normalized spacial score (nSPS) is 14.1. The Labute approximate surface area is 111 Å². The van der Waals surface area contributed by atoms with E-state index in [4.69, 9.17) is 5.73 Å². The molecule has 0 saturated carbocycles. The lowest BCUT2D eigenvalue weighted by Crippen LogP contribution is -2.18. The highest BCUT2D eigenvalue weighted by molar-refractivity contribution is 5.94. The molecule has 0 atom stereocenters. The highest BCUT2D eigenvalue weighted by Crippen LogP contribution is 2.29. The first-order valence-electron chi connectivity index (χ1n) is 6.36. The molecule has 2 aromatic rings. The summed E-state index contributed by atoms with van der Waals surface area (Å²) in [5.41, 5.74) is 10.7. The Morgan fingerprint density at radius 3 is 2.95 bits per heavy atom. The Morgan fingerprint density at radius 1 is 1.37 bits per heavy atom. The van der Waals surface area contributed by atoms with Crippen LogP contribution in [0.4, 0.5) is 5.69 Å². The number of benzene rings is 1. The molecule has 0 spiro atoms. The van der Waals surface area contributed by atoms with E-state index in [1.165, 1.54) is 0 Å². The summed E-state index contributed by atoms with van der Waals surface area (Å²) < 4.78 is 0. The summed E-state index contributed by atoms with van der Waals surface area (Å²) >= 11 is 0. The van der Waals surface area contributed by atoms with Crippen LogP contribution >= 0.6 is 0 Å². The van der Waals surface area contributed by atoms with Gasteiger partial charge in [-0.1, -0.05) is 6.07 Å². The number of imidazole rings is 1. The lowest BCUT2D eigenvalue weighted by atomic mass is 9.99. The second-order valence-corrected chi connectivity index (χ2v) is 4.78. The third-order valence-corrected chi connectivity index (χ3v) is 3.40. The Balaban J connectivity index is 2.02. The summed E-state index contributed by atoms with van der Waals surface area (Å²) in [5, 5.41) is 2.88. The van der Waals surface area contributed by atoms with Gasteiger partial charge in [-0.25, -0.2) is 4.98 Å². The fraction of sp³-hybridized carbons (Fsp3) is 0.286. The van der Waals surface area contributed by atoms with E-state index in [2.05, 4.69) is 21.4 Å². The predicted molar refractivity (Wildman–Crippen MR) is 73.6 cm³/mol. The first kappa shape index (κ1) is 11.9. The Hall–Kier alpha value is -2.14. The van der Waals surface area contributed by atoms with Gasteiger partial charge in [0, 0.05) is 23.4 Å². The minimum absolute atomic E-state index is 0.0848. The SMILES string of the molecule is Cc1[nH]c(CN)nc1-c1ccc2c(c1)CCC(=O)N2. The lowest BCUT2D eigenvalue weighted by molar-refractivity contribution is -0.116. The van der Waals surface area contributed by atoms with E-state index < -0.39 is 0 Å². The lowest BCUT2D eigenvalue weighted by Gasteiger charge is -2.17. The number of carbonyl (C=O) groups excluding carboxylic acids is 1. The highest BCUT2D eigenvalue weighted by atomic mass is 16.1. The van der Waals surface area contributed by atoms with Crippen LogP contribution in [0.25, 0.3) is 11.3 Å². The number of anilines is 1. The van der Waals surface area contributed by atoms with Crippen molar-refractivity contribution >= 4 is 11.6 Å². The number of hydrogen-bond acceptors (Lipinski definition) is 3. The number of nitrogens with one attached hydrogen (secondary N) is 2. The van der Waals surface area contributed by atoms with E-state index in [9.17, 15) is 4.79 Å². The number of amides is 1. The zero-order valence-corrected chi connectivity index (χ0v) is 10.8. The van der Waals surface area contributed by atoms with Gasteiger partial charge in [-0.05, 0) is 31.0 Å². The van der Waals surface area contributed by atoms with Crippen molar-refractivity contribution in [3.8, 4) is 11.3 Å². The molecule has 4 N–H and O–H groups in total. The van der Waals surface area contributed by atoms with Crippen LogP contribution in [0.15, 0.2) is 18.2 Å². The molecule has 1 aliphatic heterocycles. The van der Waals surface area contributed by atoms with Crippen molar-refractivity contribution in [2.45, 2.75) is 26.3 Å². The number of nitrogens with zero attached hydrogens (tertiary/aromatic N) is 1. The molecule has 19 heavy (non-hydrogen) atoms. The number of fused-ring (bicyclic) bond motifs is 1. The summed E-state index contributed by atoms with van der Waals surface area (Å²) in [4.78, 5) is 19.0. The summed E-state index contributed by atoms with van der Waals surface area (Å²) in [5.74, 6) is 0.875. The molecule has 98 valence electrons. The van der Waals surface area contributed by atoms with Crippen molar-refractivity contribution in [1.29, 1.82) is 0 Å². The van der Waals surface area contributed by atoms with Crippen LogP contribution < -0.4 is 11.1 Å². The summed E-state index contributed by atoms with van der Waals surface area (Å²) in [7, 11) is 0. The van der Waals surface area contributed by atoms with Crippen molar-refractivity contribution < 1.29 is 4.79 Å². The number of aromatic amines is 1. The van der Waals surface area contributed by atoms with Crippen LogP contribution in [0.1, 0.15) is 23.5 Å². The number of carbonyl (C=O) groups is 1. The zero-order valence-electron chi connectivity index (χ0n) is 10.8. The fourth-order valence-electron chi connectivity index (χ4n) is 2.43. The first-order chi connectivity index (χ1) is 9.17. The molecule has 0 unspecified atom stereocenters. The summed E-state index contributed by atoms with van der Waals surface area (Å²) in [6.45, 7) is 2.39. The molecule has 1 amide bonds. The molecule has 1 aromatic heterocycles. The summed E-state index contributed by atoms with van der Waals surface area (Å²) in [6.07, 6.45) is 1.33. The predicted octanol–water partition coefficient (Wildman–Crippen LogP) is 1.73. The van der Waals surface area contributed by atoms with Crippen molar-refractivity contribution in [1.82, 2.24) is 9.97 Å². The molecule has 2 heterocycles.